The fourth-order valence-electron chi connectivity index (χ4n) is 1.97. The van der Waals surface area contributed by atoms with E-state index in [-0.39, 0.29) is 23.5 Å². The number of hydrogen-bond acceptors (Lipinski definition) is 3. The predicted octanol–water partition coefficient (Wildman–Crippen LogP) is 2.92. The van der Waals surface area contributed by atoms with Crippen molar-refractivity contribution in [3.63, 3.8) is 0 Å². The van der Waals surface area contributed by atoms with E-state index in [1.807, 2.05) is 26.0 Å². The second-order valence-electron chi connectivity index (χ2n) is 5.46. The van der Waals surface area contributed by atoms with Crippen LogP contribution < -0.4 is 5.32 Å². The first-order valence-electron chi connectivity index (χ1n) is 7.01. The van der Waals surface area contributed by atoms with Crippen molar-refractivity contribution in [2.24, 2.45) is 5.92 Å². The Morgan fingerprint density at radius 2 is 1.79 bits per heavy atom. The second kappa shape index (κ2) is 7.29. The van der Waals surface area contributed by atoms with Gasteiger partial charge >= 0.3 is 0 Å². The molecule has 1 aromatic carbocycles. The molecule has 2 atom stereocenters. The monoisotopic (exact) mass is 263 g/mol. The van der Waals surface area contributed by atoms with E-state index in [2.05, 4.69) is 19.2 Å². The smallest absolute Gasteiger partial charge is 0.152 e. The third kappa shape index (κ3) is 5.03. The van der Waals surface area contributed by atoms with Gasteiger partial charge in [0, 0.05) is 12.0 Å². The van der Waals surface area contributed by atoms with E-state index in [9.17, 15) is 9.90 Å². The molecule has 106 valence electrons. The van der Waals surface area contributed by atoms with Gasteiger partial charge in [0.2, 0.25) is 0 Å². The van der Waals surface area contributed by atoms with Gasteiger partial charge in [-0.3, -0.25) is 4.79 Å². The highest BCUT2D eigenvalue weighted by molar-refractivity contribution is 5.86. The molecule has 0 aliphatic rings. The number of carbonyl (C=O) groups is 1. The minimum Gasteiger partial charge on any atom is -0.508 e. The molecule has 19 heavy (non-hydrogen) atoms. The van der Waals surface area contributed by atoms with Crippen molar-refractivity contribution >= 4 is 5.78 Å². The number of rotatable bonds is 7. The molecule has 0 heterocycles. The van der Waals surface area contributed by atoms with Crippen LogP contribution in [0.1, 0.15) is 39.7 Å². The zero-order valence-electron chi connectivity index (χ0n) is 12.3. The maximum atomic E-state index is 12.3. The van der Waals surface area contributed by atoms with E-state index in [0.717, 1.165) is 12.0 Å². The Kier molecular flexibility index (Phi) is 6.03. The summed E-state index contributed by atoms with van der Waals surface area (Å²) in [6.07, 6.45) is 1.67. The van der Waals surface area contributed by atoms with Crippen molar-refractivity contribution < 1.29 is 9.90 Å². The molecule has 0 spiro atoms. The predicted molar refractivity (Wildman–Crippen MR) is 78.3 cm³/mol. The molecule has 3 nitrogen and oxygen atoms in total. The summed E-state index contributed by atoms with van der Waals surface area (Å²) in [5.74, 6) is 0.525. The zero-order chi connectivity index (χ0) is 14.4. The third-order valence-corrected chi connectivity index (χ3v) is 3.39. The van der Waals surface area contributed by atoms with E-state index in [1.165, 1.54) is 0 Å². The molecule has 1 aromatic rings. The number of hydrogen-bond donors (Lipinski definition) is 2. The number of nitrogens with one attached hydrogen (secondary N) is 1. The van der Waals surface area contributed by atoms with E-state index in [1.54, 1.807) is 12.1 Å². The maximum absolute atomic E-state index is 12.3. The molecule has 0 radical (unpaired) electrons. The summed E-state index contributed by atoms with van der Waals surface area (Å²) < 4.78 is 0. The Hall–Kier alpha value is -1.35. The highest BCUT2D eigenvalue weighted by atomic mass is 16.3. The maximum Gasteiger partial charge on any atom is 0.152 e. The third-order valence-electron chi connectivity index (χ3n) is 3.39. The Labute approximate surface area is 116 Å². The number of aromatic hydroxyl groups is 1. The summed E-state index contributed by atoms with van der Waals surface area (Å²) in [5.41, 5.74) is 1.06. The minimum atomic E-state index is -0.153. The molecule has 0 aliphatic heterocycles. The van der Waals surface area contributed by atoms with Crippen LogP contribution in [0.2, 0.25) is 0 Å². The molecule has 0 aliphatic carbocycles. The van der Waals surface area contributed by atoms with Crippen LogP contribution in [0.4, 0.5) is 0 Å². The zero-order valence-corrected chi connectivity index (χ0v) is 12.3. The Morgan fingerprint density at radius 1 is 1.21 bits per heavy atom. The van der Waals surface area contributed by atoms with Crippen LogP contribution in [-0.2, 0) is 11.2 Å². The molecule has 0 amide bonds. The van der Waals surface area contributed by atoms with Gasteiger partial charge in [-0.15, -0.1) is 0 Å². The molecule has 0 saturated heterocycles. The molecule has 0 aromatic heterocycles. The average molecular weight is 263 g/mol. The van der Waals surface area contributed by atoms with Crippen LogP contribution in [0.15, 0.2) is 24.3 Å². The topological polar surface area (TPSA) is 49.3 Å². The van der Waals surface area contributed by atoms with Crippen LogP contribution in [-0.4, -0.2) is 23.0 Å². The van der Waals surface area contributed by atoms with Gasteiger partial charge in [-0.1, -0.05) is 32.9 Å². The van der Waals surface area contributed by atoms with Crippen LogP contribution in [0.5, 0.6) is 5.75 Å². The SMILES string of the molecule is CCC(C)NC(Cc1ccc(O)cc1)C(=O)C(C)C. The largest absolute Gasteiger partial charge is 0.508 e. The van der Waals surface area contributed by atoms with Gasteiger partial charge in [-0.05, 0) is 37.5 Å². The van der Waals surface area contributed by atoms with Crippen molar-refractivity contribution in [1.82, 2.24) is 5.32 Å². The van der Waals surface area contributed by atoms with Crippen molar-refractivity contribution in [3.8, 4) is 5.75 Å². The number of ketones is 1. The van der Waals surface area contributed by atoms with E-state index in [4.69, 9.17) is 0 Å². The number of Topliss-reactive ketones (excluding diaryl/α,β-unsaturated/α-hetero) is 1. The first-order chi connectivity index (χ1) is 8.93. The van der Waals surface area contributed by atoms with Gasteiger partial charge in [0.05, 0.1) is 6.04 Å². The van der Waals surface area contributed by atoms with Crippen molar-refractivity contribution in [2.45, 2.75) is 52.6 Å². The minimum absolute atomic E-state index is 0.0265. The van der Waals surface area contributed by atoms with Crippen molar-refractivity contribution in [1.29, 1.82) is 0 Å². The van der Waals surface area contributed by atoms with Gasteiger partial charge in [-0.25, -0.2) is 0 Å². The van der Waals surface area contributed by atoms with Gasteiger partial charge in [-0.2, -0.15) is 0 Å². The quantitative estimate of drug-likeness (QED) is 0.795. The summed E-state index contributed by atoms with van der Waals surface area (Å²) in [7, 11) is 0. The molecule has 1 rings (SSSR count). The van der Waals surface area contributed by atoms with Gasteiger partial charge in [0.1, 0.15) is 5.75 Å². The lowest BCUT2D eigenvalue weighted by atomic mass is 9.95. The summed E-state index contributed by atoms with van der Waals surface area (Å²) in [5, 5.41) is 12.7. The van der Waals surface area contributed by atoms with Crippen LogP contribution in [0, 0.1) is 5.92 Å². The average Bonchev–Trinajstić information content (AvgIpc) is 2.39. The number of phenols is 1. The molecular weight excluding hydrogens is 238 g/mol. The lowest BCUT2D eigenvalue weighted by Crippen LogP contribution is -2.45. The summed E-state index contributed by atoms with van der Waals surface area (Å²) in [6.45, 7) is 8.07. The Balaban J connectivity index is 2.78. The molecular formula is C16H25NO2. The summed E-state index contributed by atoms with van der Waals surface area (Å²) in [6, 6.07) is 7.23. The number of carbonyl (C=O) groups excluding carboxylic acids is 1. The lowest BCUT2D eigenvalue weighted by Gasteiger charge is -2.23. The first-order valence-corrected chi connectivity index (χ1v) is 7.01. The van der Waals surface area contributed by atoms with Crippen molar-refractivity contribution in [2.75, 3.05) is 0 Å². The van der Waals surface area contributed by atoms with Gasteiger partial charge in [0.15, 0.2) is 5.78 Å². The van der Waals surface area contributed by atoms with Crippen LogP contribution >= 0.6 is 0 Å². The Bertz CT molecular complexity index is 398. The highest BCUT2D eigenvalue weighted by Gasteiger charge is 2.22. The standard InChI is InChI=1S/C16H25NO2/c1-5-12(4)17-15(16(19)11(2)3)10-13-6-8-14(18)9-7-13/h6-9,11-12,15,17-18H,5,10H2,1-4H3. The molecule has 2 unspecified atom stereocenters. The van der Waals surface area contributed by atoms with Crippen LogP contribution in [0.25, 0.3) is 0 Å². The highest BCUT2D eigenvalue weighted by Crippen LogP contribution is 2.13. The fraction of sp³-hybridized carbons (Fsp3) is 0.562. The first kappa shape index (κ1) is 15.7. The molecule has 0 saturated carbocycles. The molecule has 3 heteroatoms. The lowest BCUT2D eigenvalue weighted by molar-refractivity contribution is -0.124. The van der Waals surface area contributed by atoms with Crippen molar-refractivity contribution in [3.05, 3.63) is 29.8 Å². The molecule has 0 bridgehead atoms. The summed E-state index contributed by atoms with van der Waals surface area (Å²) in [4.78, 5) is 12.3. The summed E-state index contributed by atoms with van der Waals surface area (Å²) >= 11 is 0. The Morgan fingerprint density at radius 3 is 2.26 bits per heavy atom. The van der Waals surface area contributed by atoms with Gasteiger partial charge in [0.25, 0.3) is 0 Å². The second-order valence-corrected chi connectivity index (χ2v) is 5.46. The molecule has 2 N–H and O–H groups in total. The fourth-order valence-corrected chi connectivity index (χ4v) is 1.97. The number of benzene rings is 1. The number of phenolic OH excluding ortho intramolecular Hbond substituents is 1. The van der Waals surface area contributed by atoms with E-state index >= 15 is 0 Å². The van der Waals surface area contributed by atoms with Crippen LogP contribution in [0.3, 0.4) is 0 Å². The van der Waals surface area contributed by atoms with E-state index in [0.29, 0.717) is 12.5 Å². The van der Waals surface area contributed by atoms with Gasteiger partial charge < -0.3 is 10.4 Å². The normalized spacial score (nSPS) is 14.4. The molecule has 0 fully saturated rings. The van der Waals surface area contributed by atoms with E-state index < -0.39 is 0 Å².